The molecule has 1 atom stereocenters. The highest BCUT2D eigenvalue weighted by Gasteiger charge is 2.37. The first-order valence-corrected chi connectivity index (χ1v) is 11.0. The van der Waals surface area contributed by atoms with Crippen molar-refractivity contribution >= 4 is 5.91 Å². The van der Waals surface area contributed by atoms with Gasteiger partial charge in [0, 0.05) is 25.7 Å². The van der Waals surface area contributed by atoms with Crippen molar-refractivity contribution in [3.8, 4) is 0 Å². The summed E-state index contributed by atoms with van der Waals surface area (Å²) >= 11 is 0. The van der Waals surface area contributed by atoms with Crippen LogP contribution in [0.3, 0.4) is 0 Å². The molecule has 0 aromatic heterocycles. The molecule has 0 unspecified atom stereocenters. The van der Waals surface area contributed by atoms with Crippen LogP contribution in [0.5, 0.6) is 0 Å². The first-order chi connectivity index (χ1) is 13.7. The molecule has 0 radical (unpaired) electrons. The molecule has 28 heavy (non-hydrogen) atoms. The number of carbonyl (C=O) groups is 1. The number of halogens is 1. The zero-order valence-corrected chi connectivity index (χ0v) is 16.7. The monoisotopic (exact) mass is 388 g/mol. The number of ether oxygens (including phenoxy) is 1. The molecule has 1 aromatic rings. The van der Waals surface area contributed by atoms with Crippen molar-refractivity contribution in [1.82, 2.24) is 10.2 Å². The fraction of sp³-hybridized carbons (Fsp3) is 0.696. The molecule has 1 heterocycles. The van der Waals surface area contributed by atoms with E-state index in [0.29, 0.717) is 45.3 Å². The highest BCUT2D eigenvalue weighted by atomic mass is 19.1. The van der Waals surface area contributed by atoms with Gasteiger partial charge >= 0.3 is 0 Å². The van der Waals surface area contributed by atoms with Crippen LogP contribution in [0.1, 0.15) is 44.1 Å². The predicted molar refractivity (Wildman–Crippen MR) is 107 cm³/mol. The number of morpholine rings is 1. The Balaban J connectivity index is 1.44. The first-order valence-electron chi connectivity index (χ1n) is 11.0. The van der Waals surface area contributed by atoms with Crippen LogP contribution in [0.15, 0.2) is 24.3 Å². The van der Waals surface area contributed by atoms with Crippen LogP contribution in [0.4, 0.5) is 4.39 Å². The molecule has 154 valence electrons. The molecule has 0 spiro atoms. The van der Waals surface area contributed by atoms with Crippen LogP contribution in [0.25, 0.3) is 0 Å². The lowest BCUT2D eigenvalue weighted by molar-refractivity contribution is -0.139. The van der Waals surface area contributed by atoms with Crippen molar-refractivity contribution in [1.29, 1.82) is 0 Å². The molecule has 0 bridgehead atoms. The lowest BCUT2D eigenvalue weighted by Crippen LogP contribution is -2.51. The molecule has 1 aromatic carbocycles. The second-order valence-corrected chi connectivity index (χ2v) is 8.78. The molecule has 4 rings (SSSR count). The molecule has 5 heteroatoms. The SMILES string of the molecule is O=C([C@H](CNC(C1CCC1)C1CCC1)Cc1cccc(F)c1)N1CCOCC1. The Bertz CT molecular complexity index is 640. The Morgan fingerprint density at radius 1 is 1.14 bits per heavy atom. The summed E-state index contributed by atoms with van der Waals surface area (Å²) in [6.07, 6.45) is 8.55. The van der Waals surface area contributed by atoms with E-state index in [1.807, 2.05) is 11.0 Å². The Hall–Kier alpha value is -1.46. The van der Waals surface area contributed by atoms with Crippen LogP contribution in [-0.4, -0.2) is 49.7 Å². The van der Waals surface area contributed by atoms with Gasteiger partial charge in [0.2, 0.25) is 5.91 Å². The number of amides is 1. The molecule has 1 N–H and O–H groups in total. The van der Waals surface area contributed by atoms with E-state index >= 15 is 0 Å². The minimum atomic E-state index is -0.232. The van der Waals surface area contributed by atoms with E-state index < -0.39 is 0 Å². The van der Waals surface area contributed by atoms with Gasteiger partial charge in [0.15, 0.2) is 0 Å². The maximum Gasteiger partial charge on any atom is 0.227 e. The summed E-state index contributed by atoms with van der Waals surface area (Å²) in [5, 5.41) is 3.81. The molecule has 1 amide bonds. The smallest absolute Gasteiger partial charge is 0.227 e. The van der Waals surface area contributed by atoms with Crippen molar-refractivity contribution in [3.63, 3.8) is 0 Å². The Morgan fingerprint density at radius 2 is 1.82 bits per heavy atom. The number of hydrogen-bond donors (Lipinski definition) is 1. The van der Waals surface area contributed by atoms with E-state index in [-0.39, 0.29) is 17.6 Å². The Kier molecular flexibility index (Phi) is 6.63. The fourth-order valence-corrected chi connectivity index (χ4v) is 4.83. The third-order valence-corrected chi connectivity index (χ3v) is 6.96. The largest absolute Gasteiger partial charge is 0.378 e. The molecular formula is C23H33FN2O2. The van der Waals surface area contributed by atoms with E-state index in [4.69, 9.17) is 4.74 Å². The number of rotatable bonds is 8. The van der Waals surface area contributed by atoms with Crippen molar-refractivity contribution in [2.24, 2.45) is 17.8 Å². The van der Waals surface area contributed by atoms with Crippen molar-refractivity contribution in [3.05, 3.63) is 35.6 Å². The average Bonchev–Trinajstić information content (AvgIpc) is 2.62. The molecule has 1 aliphatic heterocycles. The third-order valence-electron chi connectivity index (χ3n) is 6.96. The molecule has 4 nitrogen and oxygen atoms in total. The number of nitrogens with one attached hydrogen (secondary N) is 1. The summed E-state index contributed by atoms with van der Waals surface area (Å²) < 4.78 is 19.1. The summed E-state index contributed by atoms with van der Waals surface area (Å²) in [5.74, 6) is 1.35. The van der Waals surface area contributed by atoms with E-state index in [9.17, 15) is 9.18 Å². The summed E-state index contributed by atoms with van der Waals surface area (Å²) in [6, 6.07) is 7.24. The molecule has 3 aliphatic rings. The van der Waals surface area contributed by atoms with Crippen molar-refractivity contribution in [2.75, 3.05) is 32.8 Å². The quantitative estimate of drug-likeness (QED) is 0.742. The molecule has 2 saturated carbocycles. The molecule has 1 saturated heterocycles. The minimum absolute atomic E-state index is 0.150. The second kappa shape index (κ2) is 9.36. The van der Waals surface area contributed by atoms with Gasteiger partial charge in [-0.1, -0.05) is 25.0 Å². The summed E-state index contributed by atoms with van der Waals surface area (Å²) in [6.45, 7) is 3.22. The molecule has 3 fully saturated rings. The maximum absolute atomic E-state index is 13.7. The van der Waals surface area contributed by atoms with Gasteiger partial charge < -0.3 is 15.0 Å². The van der Waals surface area contributed by atoms with Gasteiger partial charge in [-0.15, -0.1) is 0 Å². The number of carbonyl (C=O) groups excluding carboxylic acids is 1. The summed E-state index contributed by atoms with van der Waals surface area (Å²) in [4.78, 5) is 15.2. The van der Waals surface area contributed by atoms with Gasteiger partial charge in [-0.2, -0.15) is 0 Å². The predicted octanol–water partition coefficient (Wildman–Crippen LogP) is 3.40. The summed E-state index contributed by atoms with van der Waals surface area (Å²) in [5.41, 5.74) is 0.900. The van der Waals surface area contributed by atoms with Crippen LogP contribution < -0.4 is 5.32 Å². The van der Waals surface area contributed by atoms with Gasteiger partial charge in [-0.05, 0) is 61.6 Å². The van der Waals surface area contributed by atoms with Crippen molar-refractivity contribution in [2.45, 2.75) is 51.0 Å². The van der Waals surface area contributed by atoms with E-state index in [1.54, 1.807) is 12.1 Å². The highest BCUT2D eigenvalue weighted by molar-refractivity contribution is 5.79. The topological polar surface area (TPSA) is 41.6 Å². The van der Waals surface area contributed by atoms with Gasteiger partial charge in [-0.25, -0.2) is 4.39 Å². The van der Waals surface area contributed by atoms with Crippen LogP contribution >= 0.6 is 0 Å². The normalized spacial score (nSPS) is 22.0. The van der Waals surface area contributed by atoms with E-state index in [0.717, 1.165) is 17.4 Å². The average molecular weight is 389 g/mol. The maximum atomic E-state index is 13.7. The Morgan fingerprint density at radius 3 is 2.39 bits per heavy atom. The number of benzene rings is 1. The van der Waals surface area contributed by atoms with Crippen LogP contribution in [-0.2, 0) is 16.0 Å². The number of nitrogens with zero attached hydrogens (tertiary/aromatic N) is 1. The lowest BCUT2D eigenvalue weighted by atomic mass is 9.68. The van der Waals surface area contributed by atoms with Gasteiger partial charge in [0.25, 0.3) is 0 Å². The molecule has 2 aliphatic carbocycles. The van der Waals surface area contributed by atoms with Gasteiger partial charge in [0.1, 0.15) is 5.82 Å². The first kappa shape index (κ1) is 19.8. The van der Waals surface area contributed by atoms with E-state index in [2.05, 4.69) is 5.32 Å². The zero-order valence-electron chi connectivity index (χ0n) is 16.7. The zero-order chi connectivity index (χ0) is 19.3. The summed E-state index contributed by atoms with van der Waals surface area (Å²) in [7, 11) is 0. The standard InChI is InChI=1S/C23H33FN2O2/c24-21-9-1-4-17(15-21)14-20(23(27)26-10-12-28-13-11-26)16-25-22(18-5-2-6-18)19-7-3-8-19/h1,4,9,15,18-20,22,25H,2-3,5-8,10-14,16H2/t20-/m0/s1. The fourth-order valence-electron chi connectivity index (χ4n) is 4.83. The third kappa shape index (κ3) is 4.74. The van der Waals surface area contributed by atoms with Crippen molar-refractivity contribution < 1.29 is 13.9 Å². The van der Waals surface area contributed by atoms with Crippen LogP contribution in [0, 0.1) is 23.6 Å². The second-order valence-electron chi connectivity index (χ2n) is 8.78. The van der Waals surface area contributed by atoms with Gasteiger partial charge in [0.05, 0.1) is 19.1 Å². The van der Waals surface area contributed by atoms with Crippen LogP contribution in [0.2, 0.25) is 0 Å². The lowest BCUT2D eigenvalue weighted by Gasteiger charge is -2.43. The minimum Gasteiger partial charge on any atom is -0.378 e. The van der Waals surface area contributed by atoms with Gasteiger partial charge in [-0.3, -0.25) is 4.79 Å². The molecular weight excluding hydrogens is 355 g/mol. The highest BCUT2D eigenvalue weighted by Crippen LogP contribution is 2.40. The number of hydrogen-bond acceptors (Lipinski definition) is 3. The van der Waals surface area contributed by atoms with E-state index in [1.165, 1.54) is 44.6 Å². The Labute approximate surface area is 167 Å².